The summed E-state index contributed by atoms with van der Waals surface area (Å²) in [5.41, 5.74) is 1.87. The summed E-state index contributed by atoms with van der Waals surface area (Å²) in [4.78, 5) is 12.2. The molecule has 7 heteroatoms. The van der Waals surface area contributed by atoms with E-state index in [1.807, 2.05) is 37.3 Å². The molecule has 1 aliphatic rings. The molecule has 0 saturated carbocycles. The Kier molecular flexibility index (Phi) is 4.71. The minimum Gasteiger partial charge on any atom is -0.311 e. The zero-order valence-corrected chi connectivity index (χ0v) is 14.4. The molecule has 1 N–H and O–H groups in total. The lowest BCUT2D eigenvalue weighted by molar-refractivity contribution is -0.116. The third-order valence-electron chi connectivity index (χ3n) is 4.16. The van der Waals surface area contributed by atoms with Crippen molar-refractivity contribution in [3.63, 3.8) is 0 Å². The summed E-state index contributed by atoms with van der Waals surface area (Å²) < 4.78 is 25.0. The molecule has 0 bridgehead atoms. The van der Waals surface area contributed by atoms with Crippen LogP contribution >= 0.6 is 0 Å². The molecule has 0 aliphatic carbocycles. The SMILES string of the molecule is Cc1cc(NC(=O)CCc2ccccc2)n(C2CCS(=O)(=O)C2)n1. The molecule has 2 heterocycles. The van der Waals surface area contributed by atoms with Crippen molar-refractivity contribution in [2.75, 3.05) is 16.8 Å². The summed E-state index contributed by atoms with van der Waals surface area (Å²) in [6, 6.07) is 11.4. The molecule has 1 aromatic carbocycles. The molecule has 1 saturated heterocycles. The molecule has 1 fully saturated rings. The summed E-state index contributed by atoms with van der Waals surface area (Å²) in [5, 5.41) is 7.24. The van der Waals surface area contributed by atoms with E-state index in [0.717, 1.165) is 11.3 Å². The lowest BCUT2D eigenvalue weighted by atomic mass is 10.1. The number of aromatic nitrogens is 2. The summed E-state index contributed by atoms with van der Waals surface area (Å²) in [7, 11) is -3.00. The fourth-order valence-electron chi connectivity index (χ4n) is 2.96. The van der Waals surface area contributed by atoms with Gasteiger partial charge in [-0.2, -0.15) is 5.10 Å². The van der Waals surface area contributed by atoms with Gasteiger partial charge in [0.1, 0.15) is 5.82 Å². The van der Waals surface area contributed by atoms with Crippen LogP contribution in [0, 0.1) is 6.92 Å². The van der Waals surface area contributed by atoms with Crippen LogP contribution in [-0.4, -0.2) is 35.6 Å². The highest BCUT2D eigenvalue weighted by Gasteiger charge is 2.31. The Hall–Kier alpha value is -2.15. The molecule has 2 aromatic rings. The van der Waals surface area contributed by atoms with E-state index in [2.05, 4.69) is 10.4 Å². The molecule has 128 valence electrons. The molecule has 0 radical (unpaired) electrons. The van der Waals surface area contributed by atoms with Crippen LogP contribution in [0.1, 0.15) is 30.1 Å². The highest BCUT2D eigenvalue weighted by molar-refractivity contribution is 7.91. The molecular weight excluding hydrogens is 326 g/mol. The van der Waals surface area contributed by atoms with E-state index < -0.39 is 9.84 Å². The van der Waals surface area contributed by atoms with Crippen LogP contribution in [0.3, 0.4) is 0 Å². The Morgan fingerprint density at radius 3 is 2.75 bits per heavy atom. The van der Waals surface area contributed by atoms with E-state index in [1.54, 1.807) is 10.7 Å². The molecule has 1 aliphatic heterocycles. The molecule has 3 rings (SSSR count). The van der Waals surface area contributed by atoms with Gasteiger partial charge in [0.15, 0.2) is 9.84 Å². The number of amides is 1. The summed E-state index contributed by atoms with van der Waals surface area (Å²) in [5.74, 6) is 0.743. The Labute approximate surface area is 141 Å². The van der Waals surface area contributed by atoms with Crippen molar-refractivity contribution in [2.45, 2.75) is 32.2 Å². The van der Waals surface area contributed by atoms with E-state index in [1.165, 1.54) is 0 Å². The van der Waals surface area contributed by atoms with Crippen molar-refractivity contribution in [3.05, 3.63) is 47.7 Å². The largest absolute Gasteiger partial charge is 0.311 e. The number of sulfone groups is 1. The average Bonchev–Trinajstić information content (AvgIpc) is 3.08. The van der Waals surface area contributed by atoms with Crippen LogP contribution in [0.4, 0.5) is 5.82 Å². The first-order chi connectivity index (χ1) is 11.4. The minimum atomic E-state index is -3.00. The normalized spacial score (nSPS) is 19.3. The van der Waals surface area contributed by atoms with Gasteiger partial charge in [-0.25, -0.2) is 13.1 Å². The van der Waals surface area contributed by atoms with Crippen LogP contribution in [0.25, 0.3) is 0 Å². The Bertz CT molecular complexity index is 828. The summed E-state index contributed by atoms with van der Waals surface area (Å²) in [6.45, 7) is 1.83. The van der Waals surface area contributed by atoms with Crippen molar-refractivity contribution in [1.82, 2.24) is 9.78 Å². The zero-order chi connectivity index (χ0) is 17.2. The number of benzene rings is 1. The minimum absolute atomic E-state index is 0.0843. The summed E-state index contributed by atoms with van der Waals surface area (Å²) in [6.07, 6.45) is 1.57. The van der Waals surface area contributed by atoms with E-state index >= 15 is 0 Å². The van der Waals surface area contributed by atoms with Crippen LogP contribution in [0.2, 0.25) is 0 Å². The van der Waals surface area contributed by atoms with Crippen molar-refractivity contribution < 1.29 is 13.2 Å². The average molecular weight is 347 g/mol. The van der Waals surface area contributed by atoms with Gasteiger partial charge in [0, 0.05) is 12.5 Å². The maximum atomic E-state index is 12.2. The number of hydrogen-bond acceptors (Lipinski definition) is 4. The lowest BCUT2D eigenvalue weighted by Gasteiger charge is -2.13. The fraction of sp³-hybridized carbons (Fsp3) is 0.412. The second-order valence-electron chi connectivity index (χ2n) is 6.21. The lowest BCUT2D eigenvalue weighted by Crippen LogP contribution is -2.19. The second-order valence-corrected chi connectivity index (χ2v) is 8.43. The van der Waals surface area contributed by atoms with Gasteiger partial charge in [0.05, 0.1) is 23.2 Å². The number of carbonyl (C=O) groups is 1. The Morgan fingerprint density at radius 2 is 2.08 bits per heavy atom. The standard InChI is InChI=1S/C17H21N3O3S/c1-13-11-16(20(19-13)15-9-10-24(22,23)12-15)18-17(21)8-7-14-5-3-2-4-6-14/h2-6,11,15H,7-10,12H2,1H3,(H,18,21). The molecule has 1 aromatic heterocycles. The van der Waals surface area contributed by atoms with Crippen LogP contribution in [-0.2, 0) is 21.1 Å². The van der Waals surface area contributed by atoms with Crippen molar-refractivity contribution in [3.8, 4) is 0 Å². The topological polar surface area (TPSA) is 81.1 Å². The summed E-state index contributed by atoms with van der Waals surface area (Å²) >= 11 is 0. The number of nitrogens with one attached hydrogen (secondary N) is 1. The van der Waals surface area contributed by atoms with Crippen molar-refractivity contribution in [2.24, 2.45) is 0 Å². The van der Waals surface area contributed by atoms with Crippen LogP contribution in [0.15, 0.2) is 36.4 Å². The predicted octanol–water partition coefficient (Wildman–Crippen LogP) is 2.12. The highest BCUT2D eigenvalue weighted by atomic mass is 32.2. The molecule has 1 atom stereocenters. The fourth-order valence-corrected chi connectivity index (χ4v) is 4.66. The number of aryl methyl sites for hydroxylation is 2. The maximum absolute atomic E-state index is 12.2. The number of anilines is 1. The number of rotatable bonds is 5. The Balaban J connectivity index is 1.66. The molecule has 0 spiro atoms. The molecule has 6 nitrogen and oxygen atoms in total. The zero-order valence-electron chi connectivity index (χ0n) is 13.6. The molecule has 1 unspecified atom stereocenters. The van der Waals surface area contributed by atoms with Gasteiger partial charge in [-0.3, -0.25) is 4.79 Å². The quantitative estimate of drug-likeness (QED) is 0.898. The number of carbonyl (C=O) groups excluding carboxylic acids is 1. The van der Waals surface area contributed by atoms with E-state index in [9.17, 15) is 13.2 Å². The molecule has 1 amide bonds. The predicted molar refractivity (Wildman–Crippen MR) is 92.7 cm³/mol. The van der Waals surface area contributed by atoms with E-state index in [-0.39, 0.29) is 23.5 Å². The number of hydrogen-bond donors (Lipinski definition) is 1. The smallest absolute Gasteiger partial charge is 0.225 e. The van der Waals surface area contributed by atoms with E-state index in [0.29, 0.717) is 25.1 Å². The van der Waals surface area contributed by atoms with Crippen LogP contribution in [0.5, 0.6) is 0 Å². The van der Waals surface area contributed by atoms with Crippen molar-refractivity contribution >= 4 is 21.6 Å². The highest BCUT2D eigenvalue weighted by Crippen LogP contribution is 2.27. The monoisotopic (exact) mass is 347 g/mol. The first kappa shape index (κ1) is 16.7. The third-order valence-corrected chi connectivity index (χ3v) is 5.91. The Morgan fingerprint density at radius 1 is 1.33 bits per heavy atom. The number of nitrogens with zero attached hydrogens (tertiary/aromatic N) is 2. The van der Waals surface area contributed by atoms with Gasteiger partial charge in [0.2, 0.25) is 5.91 Å². The second kappa shape index (κ2) is 6.76. The van der Waals surface area contributed by atoms with Gasteiger partial charge in [-0.15, -0.1) is 0 Å². The molecule has 24 heavy (non-hydrogen) atoms. The van der Waals surface area contributed by atoms with Crippen LogP contribution < -0.4 is 5.32 Å². The van der Waals surface area contributed by atoms with Gasteiger partial charge in [0.25, 0.3) is 0 Å². The van der Waals surface area contributed by atoms with E-state index in [4.69, 9.17) is 0 Å². The molecular formula is C17H21N3O3S. The first-order valence-corrected chi connectivity index (χ1v) is 9.85. The van der Waals surface area contributed by atoms with Gasteiger partial charge in [-0.05, 0) is 25.3 Å². The van der Waals surface area contributed by atoms with Gasteiger partial charge >= 0.3 is 0 Å². The maximum Gasteiger partial charge on any atom is 0.225 e. The third kappa shape index (κ3) is 4.03. The van der Waals surface area contributed by atoms with Gasteiger partial charge in [-0.1, -0.05) is 30.3 Å². The van der Waals surface area contributed by atoms with Crippen molar-refractivity contribution in [1.29, 1.82) is 0 Å². The first-order valence-electron chi connectivity index (χ1n) is 8.03. The van der Waals surface area contributed by atoms with Gasteiger partial charge < -0.3 is 5.32 Å².